The molecule has 5 nitrogen and oxygen atoms in total. The number of nitrogens with zero attached hydrogens (tertiary/aromatic N) is 3. The Labute approximate surface area is 114 Å². The Morgan fingerprint density at radius 3 is 2.74 bits per heavy atom. The third-order valence-corrected chi connectivity index (χ3v) is 4.12. The molecule has 1 saturated heterocycles. The van der Waals surface area contributed by atoms with Crippen LogP contribution in [0.4, 0.5) is 5.69 Å². The lowest BCUT2D eigenvalue weighted by atomic mass is 10.2. The number of anilines is 1. The molecule has 2 aliphatic rings. The van der Waals surface area contributed by atoms with Crippen LogP contribution in [0.15, 0.2) is 12.3 Å². The number of aromatic nitrogens is 1. The minimum Gasteiger partial charge on any atom is -0.397 e. The number of likely N-dealkylation sites (N-methyl/N-ethyl adjacent to an activating group) is 1. The van der Waals surface area contributed by atoms with Gasteiger partial charge in [0, 0.05) is 37.9 Å². The lowest BCUT2D eigenvalue weighted by molar-refractivity contribution is 0.0523. The van der Waals surface area contributed by atoms with Crippen LogP contribution >= 0.6 is 0 Å². The third-order valence-electron chi connectivity index (χ3n) is 4.12. The molecule has 19 heavy (non-hydrogen) atoms. The fourth-order valence-corrected chi connectivity index (χ4v) is 2.92. The molecule has 0 aromatic carbocycles. The van der Waals surface area contributed by atoms with E-state index in [2.05, 4.69) is 23.4 Å². The van der Waals surface area contributed by atoms with E-state index >= 15 is 0 Å². The molecule has 1 aromatic heterocycles. The van der Waals surface area contributed by atoms with Crippen LogP contribution in [0.2, 0.25) is 0 Å². The molecular weight excluding hydrogens is 240 g/mol. The predicted molar refractivity (Wildman–Crippen MR) is 75.1 cm³/mol. The average molecular weight is 262 g/mol. The van der Waals surface area contributed by atoms with E-state index in [9.17, 15) is 4.79 Å². The smallest absolute Gasteiger partial charge is 0.270 e. The van der Waals surface area contributed by atoms with Crippen molar-refractivity contribution in [1.29, 1.82) is 0 Å². The second-order valence-corrected chi connectivity index (χ2v) is 5.91. The first-order valence-corrected chi connectivity index (χ1v) is 7.03. The molecule has 1 aliphatic heterocycles. The zero-order valence-electron chi connectivity index (χ0n) is 11.7. The summed E-state index contributed by atoms with van der Waals surface area (Å²) in [6, 6.07) is 2.57. The molecular formula is C14H22N4O. The highest BCUT2D eigenvalue weighted by Crippen LogP contribution is 2.37. The summed E-state index contributed by atoms with van der Waals surface area (Å²) in [6.45, 7) is 4.79. The van der Waals surface area contributed by atoms with E-state index in [1.54, 1.807) is 0 Å². The molecule has 0 bridgehead atoms. The van der Waals surface area contributed by atoms with Crippen molar-refractivity contribution < 1.29 is 4.79 Å². The van der Waals surface area contributed by atoms with Gasteiger partial charge in [0.25, 0.3) is 5.91 Å². The summed E-state index contributed by atoms with van der Waals surface area (Å²) in [5.74, 6) is 0.129. The van der Waals surface area contributed by atoms with E-state index in [4.69, 9.17) is 5.73 Å². The number of rotatable bonds is 2. The van der Waals surface area contributed by atoms with Crippen LogP contribution in [0.25, 0.3) is 0 Å². The Morgan fingerprint density at radius 2 is 2.11 bits per heavy atom. The lowest BCUT2D eigenvalue weighted by Gasteiger charge is -2.38. The van der Waals surface area contributed by atoms with Crippen molar-refractivity contribution in [3.63, 3.8) is 0 Å². The number of hydrogen-bond acceptors (Lipinski definition) is 3. The molecule has 2 heterocycles. The third kappa shape index (κ3) is 2.34. The van der Waals surface area contributed by atoms with E-state index < -0.39 is 0 Å². The highest BCUT2D eigenvalue weighted by atomic mass is 16.2. The highest BCUT2D eigenvalue weighted by molar-refractivity contribution is 5.94. The second-order valence-electron chi connectivity index (χ2n) is 5.91. The zero-order chi connectivity index (χ0) is 13.6. The molecule has 1 amide bonds. The highest BCUT2D eigenvalue weighted by Gasteiger charge is 2.32. The van der Waals surface area contributed by atoms with E-state index in [-0.39, 0.29) is 11.9 Å². The molecule has 1 aliphatic carbocycles. The number of nitrogen functional groups attached to an aromatic ring is 1. The Hall–Kier alpha value is -1.49. The van der Waals surface area contributed by atoms with E-state index in [1.807, 2.05) is 17.2 Å². The van der Waals surface area contributed by atoms with E-state index in [0.717, 1.165) is 38.2 Å². The van der Waals surface area contributed by atoms with Crippen LogP contribution in [-0.4, -0.2) is 53.0 Å². The summed E-state index contributed by atoms with van der Waals surface area (Å²) < 4.78 is 2.07. The van der Waals surface area contributed by atoms with Crippen molar-refractivity contribution >= 4 is 11.6 Å². The lowest BCUT2D eigenvalue weighted by Crippen LogP contribution is -2.53. The monoisotopic (exact) mass is 262 g/mol. The number of nitrogens with two attached hydrogens (primary N) is 1. The van der Waals surface area contributed by atoms with Crippen LogP contribution in [-0.2, 0) is 0 Å². The van der Waals surface area contributed by atoms with Gasteiger partial charge in [-0.05, 0) is 32.9 Å². The number of amides is 1. The number of hydrogen-bond donors (Lipinski definition) is 1. The first-order valence-electron chi connectivity index (χ1n) is 7.03. The second kappa shape index (κ2) is 4.56. The largest absolute Gasteiger partial charge is 0.397 e. The summed E-state index contributed by atoms with van der Waals surface area (Å²) in [7, 11) is 2.10. The zero-order valence-corrected chi connectivity index (χ0v) is 11.7. The maximum atomic E-state index is 12.7. The van der Waals surface area contributed by atoms with Gasteiger partial charge in [0.2, 0.25) is 0 Å². The van der Waals surface area contributed by atoms with Crippen LogP contribution in [0.1, 0.15) is 36.3 Å². The van der Waals surface area contributed by atoms with E-state index in [1.165, 1.54) is 0 Å². The molecule has 104 valence electrons. The van der Waals surface area contributed by atoms with Gasteiger partial charge in [-0.15, -0.1) is 0 Å². The summed E-state index contributed by atoms with van der Waals surface area (Å²) >= 11 is 0. The topological polar surface area (TPSA) is 54.5 Å². The maximum Gasteiger partial charge on any atom is 0.270 e. The van der Waals surface area contributed by atoms with Crippen LogP contribution in [0, 0.1) is 0 Å². The molecule has 0 spiro atoms. The summed E-state index contributed by atoms with van der Waals surface area (Å²) in [6.07, 6.45) is 4.23. The first-order chi connectivity index (χ1) is 9.06. The van der Waals surface area contributed by atoms with Gasteiger partial charge in [0.05, 0.1) is 5.69 Å². The Bertz CT molecular complexity index is 492. The molecule has 2 N–H and O–H groups in total. The van der Waals surface area contributed by atoms with Gasteiger partial charge < -0.3 is 20.1 Å². The van der Waals surface area contributed by atoms with Gasteiger partial charge in [-0.2, -0.15) is 0 Å². The minimum atomic E-state index is 0.129. The van der Waals surface area contributed by atoms with Gasteiger partial charge in [0.15, 0.2) is 0 Å². The normalized spacial score (nSPS) is 24.7. The van der Waals surface area contributed by atoms with Gasteiger partial charge in [-0.1, -0.05) is 0 Å². The Kier molecular flexibility index (Phi) is 3.01. The van der Waals surface area contributed by atoms with Gasteiger partial charge in [-0.3, -0.25) is 4.79 Å². The quantitative estimate of drug-likeness (QED) is 0.871. The number of carbonyl (C=O) groups excluding carboxylic acids is 1. The molecule has 3 rings (SSSR count). The van der Waals surface area contributed by atoms with Crippen molar-refractivity contribution in [2.75, 3.05) is 32.4 Å². The Balaban J connectivity index is 1.83. The van der Waals surface area contributed by atoms with E-state index in [0.29, 0.717) is 11.7 Å². The van der Waals surface area contributed by atoms with Crippen LogP contribution in [0.3, 0.4) is 0 Å². The fourth-order valence-electron chi connectivity index (χ4n) is 2.92. The molecule has 2 fully saturated rings. The molecule has 1 saturated carbocycles. The summed E-state index contributed by atoms with van der Waals surface area (Å²) in [5.41, 5.74) is 7.32. The van der Waals surface area contributed by atoms with Gasteiger partial charge in [-0.25, -0.2) is 0 Å². The summed E-state index contributed by atoms with van der Waals surface area (Å²) in [5, 5.41) is 0. The van der Waals surface area contributed by atoms with Gasteiger partial charge in [0.1, 0.15) is 5.69 Å². The summed E-state index contributed by atoms with van der Waals surface area (Å²) in [4.78, 5) is 17.0. The fraction of sp³-hybridized carbons (Fsp3) is 0.643. The van der Waals surface area contributed by atoms with Crippen LogP contribution < -0.4 is 5.73 Å². The SMILES string of the molecule is CC1CN(C)CCN1C(=O)c1cc(N)cn1C1CC1. The maximum absolute atomic E-state index is 12.7. The Morgan fingerprint density at radius 1 is 1.37 bits per heavy atom. The molecule has 1 atom stereocenters. The first kappa shape index (κ1) is 12.5. The standard InChI is InChI=1S/C14H22N4O/c1-10-8-16(2)5-6-17(10)14(19)13-7-11(15)9-18(13)12-3-4-12/h7,9-10,12H,3-6,8,15H2,1-2H3. The van der Waals surface area contributed by atoms with Crippen LogP contribution in [0.5, 0.6) is 0 Å². The molecule has 5 heteroatoms. The minimum absolute atomic E-state index is 0.129. The predicted octanol–water partition coefficient (Wildman–Crippen LogP) is 1.18. The van der Waals surface area contributed by atoms with Crippen molar-refractivity contribution in [1.82, 2.24) is 14.4 Å². The van der Waals surface area contributed by atoms with Crippen molar-refractivity contribution in [3.8, 4) is 0 Å². The molecule has 1 unspecified atom stereocenters. The van der Waals surface area contributed by atoms with Crippen molar-refractivity contribution in [3.05, 3.63) is 18.0 Å². The average Bonchev–Trinajstić information content (AvgIpc) is 3.12. The van der Waals surface area contributed by atoms with Gasteiger partial charge >= 0.3 is 0 Å². The number of carbonyl (C=O) groups is 1. The van der Waals surface area contributed by atoms with Crippen molar-refractivity contribution in [2.45, 2.75) is 31.8 Å². The molecule has 1 aromatic rings. The van der Waals surface area contributed by atoms with Crippen molar-refractivity contribution in [2.24, 2.45) is 0 Å². The number of piperazine rings is 1. The molecule has 0 radical (unpaired) electrons.